The van der Waals surface area contributed by atoms with Crippen molar-refractivity contribution in [1.82, 2.24) is 0 Å². The molecule has 0 saturated heterocycles. The highest BCUT2D eigenvalue weighted by Gasteiger charge is 2.14. The van der Waals surface area contributed by atoms with Crippen LogP contribution >= 0.6 is 0 Å². The highest BCUT2D eigenvalue weighted by molar-refractivity contribution is 5.42. The van der Waals surface area contributed by atoms with E-state index < -0.39 is 0 Å². The molecule has 1 aliphatic heterocycles. The summed E-state index contributed by atoms with van der Waals surface area (Å²) in [5, 5.41) is 0. The summed E-state index contributed by atoms with van der Waals surface area (Å²) >= 11 is 0. The van der Waals surface area contributed by atoms with Crippen molar-refractivity contribution in [2.75, 3.05) is 6.61 Å². The number of fused-ring (bicyclic) bond motifs is 1. The van der Waals surface area contributed by atoms with Gasteiger partial charge in [0, 0.05) is 12.0 Å². The van der Waals surface area contributed by atoms with Crippen LogP contribution in [0.1, 0.15) is 121 Å². The fourth-order valence-corrected chi connectivity index (χ4v) is 4.39. The molecule has 0 bridgehead atoms. The van der Waals surface area contributed by atoms with Gasteiger partial charge in [-0.3, -0.25) is 0 Å². The van der Waals surface area contributed by atoms with Crippen LogP contribution in [0.15, 0.2) is 18.2 Å². The van der Waals surface area contributed by atoms with Crippen LogP contribution in [0.5, 0.6) is 5.75 Å². The molecule has 0 aliphatic carbocycles. The zero-order chi connectivity index (χ0) is 19.0. The first-order valence-electron chi connectivity index (χ1n) is 12.2. The molecule has 1 heterocycles. The van der Waals surface area contributed by atoms with Gasteiger partial charge in [-0.1, -0.05) is 115 Å². The second kappa shape index (κ2) is 15.0. The Morgan fingerprint density at radius 2 is 1.19 bits per heavy atom. The Balaban J connectivity index is 1.32. The van der Waals surface area contributed by atoms with E-state index in [0.29, 0.717) is 0 Å². The van der Waals surface area contributed by atoms with Gasteiger partial charge in [0.1, 0.15) is 5.75 Å². The minimum atomic E-state index is 0.880. The van der Waals surface area contributed by atoms with Gasteiger partial charge < -0.3 is 4.74 Å². The maximum absolute atomic E-state index is 5.67. The van der Waals surface area contributed by atoms with E-state index in [2.05, 4.69) is 25.1 Å². The number of hydrogen-bond donors (Lipinski definition) is 0. The molecule has 1 heteroatoms. The van der Waals surface area contributed by atoms with E-state index in [1.54, 1.807) is 0 Å². The molecule has 2 rings (SSSR count). The Labute approximate surface area is 169 Å². The monoisotopic (exact) mass is 372 g/mol. The molecule has 1 aromatic carbocycles. The third kappa shape index (κ3) is 9.67. The lowest BCUT2D eigenvalue weighted by Crippen LogP contribution is -1.92. The maximum Gasteiger partial charge on any atom is 0.122 e. The topological polar surface area (TPSA) is 9.23 Å². The SMILES string of the molecule is CCCCCCCCCCCCCCCCCCc1cccc2c1CCO2. The van der Waals surface area contributed by atoms with Crippen molar-refractivity contribution >= 4 is 0 Å². The van der Waals surface area contributed by atoms with Gasteiger partial charge in [0.25, 0.3) is 0 Å². The van der Waals surface area contributed by atoms with Crippen LogP contribution < -0.4 is 4.74 Å². The highest BCUT2D eigenvalue weighted by atomic mass is 16.5. The van der Waals surface area contributed by atoms with E-state index >= 15 is 0 Å². The number of rotatable bonds is 17. The predicted molar refractivity (Wildman–Crippen MR) is 119 cm³/mol. The number of aryl methyl sites for hydroxylation is 1. The van der Waals surface area contributed by atoms with Crippen LogP contribution in [-0.2, 0) is 12.8 Å². The molecule has 0 amide bonds. The molecule has 0 atom stereocenters. The summed E-state index contributed by atoms with van der Waals surface area (Å²) in [5.74, 6) is 1.14. The van der Waals surface area contributed by atoms with Crippen LogP contribution in [0.4, 0.5) is 0 Å². The van der Waals surface area contributed by atoms with Crippen LogP contribution in [0.25, 0.3) is 0 Å². The molecule has 0 fully saturated rings. The molecule has 0 N–H and O–H groups in total. The predicted octanol–water partition coefficient (Wildman–Crippen LogP) is 8.43. The van der Waals surface area contributed by atoms with Gasteiger partial charge in [-0.2, -0.15) is 0 Å². The van der Waals surface area contributed by atoms with Gasteiger partial charge in [0.15, 0.2) is 0 Å². The summed E-state index contributed by atoms with van der Waals surface area (Å²) in [6.45, 7) is 3.18. The average molecular weight is 373 g/mol. The van der Waals surface area contributed by atoms with Crippen LogP contribution in [0, 0.1) is 0 Å². The van der Waals surface area contributed by atoms with E-state index in [9.17, 15) is 0 Å². The molecule has 154 valence electrons. The number of benzene rings is 1. The zero-order valence-corrected chi connectivity index (χ0v) is 18.1. The molecule has 0 unspecified atom stereocenters. The molecular formula is C26H44O. The zero-order valence-electron chi connectivity index (χ0n) is 18.1. The smallest absolute Gasteiger partial charge is 0.122 e. The molecule has 0 radical (unpaired) electrons. The number of unbranched alkanes of at least 4 members (excludes halogenated alkanes) is 15. The van der Waals surface area contributed by atoms with Crippen molar-refractivity contribution in [3.05, 3.63) is 29.3 Å². The fraction of sp³-hybridized carbons (Fsp3) is 0.769. The molecule has 0 saturated carbocycles. The summed E-state index contributed by atoms with van der Waals surface area (Å²) < 4.78 is 5.67. The molecular weight excluding hydrogens is 328 g/mol. The average Bonchev–Trinajstić information content (AvgIpc) is 3.17. The van der Waals surface area contributed by atoms with Gasteiger partial charge in [0.05, 0.1) is 6.61 Å². The summed E-state index contributed by atoms with van der Waals surface area (Å²) in [6, 6.07) is 6.59. The minimum Gasteiger partial charge on any atom is -0.493 e. The Kier molecular flexibility index (Phi) is 12.4. The van der Waals surface area contributed by atoms with E-state index in [0.717, 1.165) is 18.8 Å². The van der Waals surface area contributed by atoms with Gasteiger partial charge >= 0.3 is 0 Å². The number of ether oxygens (including phenoxy) is 1. The molecule has 0 aromatic heterocycles. The lowest BCUT2D eigenvalue weighted by atomic mass is 9.98. The maximum atomic E-state index is 5.67. The lowest BCUT2D eigenvalue weighted by Gasteiger charge is -2.07. The van der Waals surface area contributed by atoms with E-state index in [-0.39, 0.29) is 0 Å². The van der Waals surface area contributed by atoms with Crippen molar-refractivity contribution in [2.24, 2.45) is 0 Å². The Bertz CT molecular complexity index is 479. The quantitative estimate of drug-likeness (QED) is 0.249. The van der Waals surface area contributed by atoms with Crippen LogP contribution in [0.3, 0.4) is 0 Å². The van der Waals surface area contributed by atoms with Crippen LogP contribution in [-0.4, -0.2) is 6.61 Å². The van der Waals surface area contributed by atoms with Gasteiger partial charge in [-0.15, -0.1) is 0 Å². The highest BCUT2D eigenvalue weighted by Crippen LogP contribution is 2.29. The van der Waals surface area contributed by atoms with Gasteiger partial charge in [-0.25, -0.2) is 0 Å². The Morgan fingerprint density at radius 3 is 1.74 bits per heavy atom. The first-order valence-corrected chi connectivity index (χ1v) is 12.2. The third-order valence-corrected chi connectivity index (χ3v) is 6.14. The standard InChI is InChI=1S/C26H44O/c1-2-3-4-5-6-7-8-9-10-11-12-13-14-15-16-17-19-24-20-18-21-26-25(24)22-23-27-26/h18,20-21H,2-17,19,22-23H2,1H3. The van der Waals surface area contributed by atoms with Crippen molar-refractivity contribution in [3.63, 3.8) is 0 Å². The molecule has 1 aliphatic rings. The first-order chi connectivity index (χ1) is 13.4. The molecule has 27 heavy (non-hydrogen) atoms. The van der Waals surface area contributed by atoms with E-state index in [4.69, 9.17) is 4.74 Å². The van der Waals surface area contributed by atoms with Crippen LogP contribution in [0.2, 0.25) is 0 Å². The van der Waals surface area contributed by atoms with E-state index in [1.165, 1.54) is 120 Å². The summed E-state index contributed by atoms with van der Waals surface area (Å²) in [7, 11) is 0. The third-order valence-electron chi connectivity index (χ3n) is 6.14. The molecule has 1 aromatic rings. The molecule has 1 nitrogen and oxygen atoms in total. The van der Waals surface area contributed by atoms with Gasteiger partial charge in [-0.05, 0) is 24.5 Å². The van der Waals surface area contributed by atoms with Crippen molar-refractivity contribution in [3.8, 4) is 5.75 Å². The largest absolute Gasteiger partial charge is 0.493 e. The van der Waals surface area contributed by atoms with Gasteiger partial charge in [0.2, 0.25) is 0 Å². The first kappa shape index (κ1) is 22.3. The second-order valence-electron chi connectivity index (χ2n) is 8.55. The fourth-order valence-electron chi connectivity index (χ4n) is 4.39. The van der Waals surface area contributed by atoms with Crippen molar-refractivity contribution in [1.29, 1.82) is 0 Å². The minimum absolute atomic E-state index is 0.880. The summed E-state index contributed by atoms with van der Waals surface area (Å²) in [5.41, 5.74) is 3.02. The van der Waals surface area contributed by atoms with Crippen molar-refractivity contribution in [2.45, 2.75) is 122 Å². The normalized spacial score (nSPS) is 12.9. The van der Waals surface area contributed by atoms with Crippen molar-refractivity contribution < 1.29 is 4.74 Å². The second-order valence-corrected chi connectivity index (χ2v) is 8.55. The Hall–Kier alpha value is -0.980. The number of hydrogen-bond acceptors (Lipinski definition) is 1. The lowest BCUT2D eigenvalue weighted by molar-refractivity contribution is 0.357. The summed E-state index contributed by atoms with van der Waals surface area (Å²) in [4.78, 5) is 0. The molecule has 0 spiro atoms. The summed E-state index contributed by atoms with van der Waals surface area (Å²) in [6.07, 6.45) is 25.4. The van der Waals surface area contributed by atoms with E-state index in [1.807, 2.05) is 0 Å². The Morgan fingerprint density at radius 1 is 0.667 bits per heavy atom.